The van der Waals surface area contributed by atoms with E-state index in [0.717, 1.165) is 18.5 Å². The number of hydrogen-bond donors (Lipinski definition) is 3. The SMILES string of the molecule is NC(=O)C(O)CCCCCC(=O)Nc1ccccc1. The first-order chi connectivity index (χ1) is 9.09. The average Bonchev–Trinajstić information content (AvgIpc) is 2.39. The molecule has 5 heteroatoms. The van der Waals surface area contributed by atoms with Crippen molar-refractivity contribution in [1.29, 1.82) is 0 Å². The zero-order valence-corrected chi connectivity index (χ0v) is 10.8. The molecule has 1 aromatic rings. The summed E-state index contributed by atoms with van der Waals surface area (Å²) >= 11 is 0. The van der Waals surface area contributed by atoms with E-state index in [0.29, 0.717) is 19.3 Å². The molecule has 104 valence electrons. The first-order valence-electron chi connectivity index (χ1n) is 6.42. The molecule has 4 N–H and O–H groups in total. The van der Waals surface area contributed by atoms with E-state index in [-0.39, 0.29) is 5.91 Å². The number of carbonyl (C=O) groups excluding carboxylic acids is 2. The molecule has 0 radical (unpaired) electrons. The van der Waals surface area contributed by atoms with Gasteiger partial charge in [0.1, 0.15) is 6.10 Å². The molecular weight excluding hydrogens is 244 g/mol. The Morgan fingerprint density at radius 2 is 1.84 bits per heavy atom. The number of nitrogens with one attached hydrogen (secondary N) is 1. The highest BCUT2D eigenvalue weighted by Gasteiger charge is 2.09. The van der Waals surface area contributed by atoms with Gasteiger partial charge in [0.25, 0.3) is 0 Å². The number of aliphatic hydroxyl groups excluding tert-OH is 1. The van der Waals surface area contributed by atoms with Crippen LogP contribution >= 0.6 is 0 Å². The highest BCUT2D eigenvalue weighted by Crippen LogP contribution is 2.09. The first-order valence-corrected chi connectivity index (χ1v) is 6.42. The number of carbonyl (C=O) groups is 2. The molecule has 1 atom stereocenters. The van der Waals surface area contributed by atoms with Crippen LogP contribution in [0, 0.1) is 0 Å². The molecule has 0 aliphatic carbocycles. The van der Waals surface area contributed by atoms with Crippen molar-refractivity contribution in [3.8, 4) is 0 Å². The molecule has 0 spiro atoms. The van der Waals surface area contributed by atoms with E-state index in [1.54, 1.807) is 0 Å². The topological polar surface area (TPSA) is 92.4 Å². The molecule has 0 heterocycles. The van der Waals surface area contributed by atoms with Crippen molar-refractivity contribution in [1.82, 2.24) is 0 Å². The highest BCUT2D eigenvalue weighted by molar-refractivity contribution is 5.90. The first kappa shape index (κ1) is 15.2. The van der Waals surface area contributed by atoms with Crippen LogP contribution in [-0.2, 0) is 9.59 Å². The summed E-state index contributed by atoms with van der Waals surface area (Å²) in [4.78, 5) is 22.2. The number of nitrogens with two attached hydrogens (primary N) is 1. The molecule has 19 heavy (non-hydrogen) atoms. The molecule has 1 aromatic carbocycles. The number of anilines is 1. The maximum absolute atomic E-state index is 11.6. The van der Waals surface area contributed by atoms with E-state index >= 15 is 0 Å². The van der Waals surface area contributed by atoms with Crippen LogP contribution in [0.3, 0.4) is 0 Å². The Morgan fingerprint density at radius 1 is 1.16 bits per heavy atom. The van der Waals surface area contributed by atoms with Gasteiger partial charge in [0.15, 0.2) is 0 Å². The number of para-hydroxylation sites is 1. The van der Waals surface area contributed by atoms with Crippen molar-refractivity contribution in [2.75, 3.05) is 5.32 Å². The fraction of sp³-hybridized carbons (Fsp3) is 0.429. The van der Waals surface area contributed by atoms with Gasteiger partial charge in [0.05, 0.1) is 0 Å². The molecule has 0 aliphatic rings. The molecule has 0 saturated carbocycles. The second-order valence-corrected chi connectivity index (χ2v) is 4.43. The number of rotatable bonds is 8. The number of primary amides is 1. The predicted octanol–water partition coefficient (Wildman–Crippen LogP) is 1.42. The largest absolute Gasteiger partial charge is 0.383 e. The number of hydrogen-bond acceptors (Lipinski definition) is 3. The summed E-state index contributed by atoms with van der Waals surface area (Å²) in [6.07, 6.45) is 1.91. The molecular formula is C14H20N2O3. The lowest BCUT2D eigenvalue weighted by Crippen LogP contribution is -2.27. The van der Waals surface area contributed by atoms with E-state index < -0.39 is 12.0 Å². The molecule has 0 aromatic heterocycles. The Morgan fingerprint density at radius 3 is 2.47 bits per heavy atom. The van der Waals surface area contributed by atoms with Crippen molar-refractivity contribution < 1.29 is 14.7 Å². The van der Waals surface area contributed by atoms with Crippen LogP contribution in [0.5, 0.6) is 0 Å². The van der Waals surface area contributed by atoms with Crippen LogP contribution in [-0.4, -0.2) is 23.0 Å². The summed E-state index contributed by atoms with van der Waals surface area (Å²) in [6.45, 7) is 0. The minimum Gasteiger partial charge on any atom is -0.383 e. The van der Waals surface area contributed by atoms with Crippen molar-refractivity contribution in [2.45, 2.75) is 38.2 Å². The molecule has 5 nitrogen and oxygen atoms in total. The molecule has 0 bridgehead atoms. The summed E-state index contributed by atoms with van der Waals surface area (Å²) in [6, 6.07) is 9.28. The van der Waals surface area contributed by atoms with Gasteiger partial charge >= 0.3 is 0 Å². The number of benzene rings is 1. The van der Waals surface area contributed by atoms with Crippen LogP contribution in [0.25, 0.3) is 0 Å². The van der Waals surface area contributed by atoms with Gasteiger partial charge in [-0.1, -0.05) is 31.0 Å². The summed E-state index contributed by atoms with van der Waals surface area (Å²) in [5, 5.41) is 12.0. The Kier molecular flexibility index (Phi) is 6.60. The van der Waals surface area contributed by atoms with Crippen LogP contribution in [0.4, 0.5) is 5.69 Å². The summed E-state index contributed by atoms with van der Waals surface area (Å²) < 4.78 is 0. The molecule has 1 unspecified atom stereocenters. The third kappa shape index (κ3) is 6.57. The van der Waals surface area contributed by atoms with Crippen LogP contribution in [0.15, 0.2) is 30.3 Å². The van der Waals surface area contributed by atoms with Gasteiger partial charge in [0.2, 0.25) is 11.8 Å². The lowest BCUT2D eigenvalue weighted by Gasteiger charge is -2.06. The third-order valence-corrected chi connectivity index (χ3v) is 2.77. The van der Waals surface area contributed by atoms with Gasteiger partial charge in [-0.2, -0.15) is 0 Å². The van der Waals surface area contributed by atoms with E-state index in [2.05, 4.69) is 5.32 Å². The Labute approximate surface area is 112 Å². The van der Waals surface area contributed by atoms with E-state index in [1.165, 1.54) is 0 Å². The van der Waals surface area contributed by atoms with Gasteiger partial charge in [-0.15, -0.1) is 0 Å². The highest BCUT2D eigenvalue weighted by atomic mass is 16.3. The third-order valence-electron chi connectivity index (χ3n) is 2.77. The standard InChI is InChI=1S/C14H20N2O3/c15-14(19)12(17)9-5-2-6-10-13(18)16-11-7-3-1-4-8-11/h1,3-4,7-8,12,17H,2,5-6,9-10H2,(H2,15,19)(H,16,18). The minimum atomic E-state index is -1.07. The van der Waals surface area contributed by atoms with Crippen molar-refractivity contribution in [2.24, 2.45) is 5.73 Å². The van der Waals surface area contributed by atoms with Gasteiger partial charge in [-0.05, 0) is 25.0 Å². The Balaban J connectivity index is 2.10. The smallest absolute Gasteiger partial charge is 0.246 e. The average molecular weight is 264 g/mol. The van der Waals surface area contributed by atoms with Crippen molar-refractivity contribution in [3.05, 3.63) is 30.3 Å². The maximum Gasteiger partial charge on any atom is 0.246 e. The Bertz CT molecular complexity index is 406. The number of unbranched alkanes of at least 4 members (excludes halogenated alkanes) is 2. The maximum atomic E-state index is 11.6. The van der Waals surface area contributed by atoms with Gasteiger partial charge in [-0.25, -0.2) is 0 Å². The molecule has 0 saturated heterocycles. The lowest BCUT2D eigenvalue weighted by atomic mass is 10.1. The van der Waals surface area contributed by atoms with Gasteiger partial charge < -0.3 is 16.2 Å². The molecule has 1 rings (SSSR count). The number of aliphatic hydroxyl groups is 1. The van der Waals surface area contributed by atoms with E-state index in [1.807, 2.05) is 30.3 Å². The second-order valence-electron chi connectivity index (χ2n) is 4.43. The van der Waals surface area contributed by atoms with Gasteiger partial charge in [-0.3, -0.25) is 9.59 Å². The number of amides is 2. The fourth-order valence-corrected chi connectivity index (χ4v) is 1.69. The summed E-state index contributed by atoms with van der Waals surface area (Å²) in [7, 11) is 0. The van der Waals surface area contributed by atoms with Crippen molar-refractivity contribution in [3.63, 3.8) is 0 Å². The Hall–Kier alpha value is -1.88. The van der Waals surface area contributed by atoms with Crippen LogP contribution < -0.4 is 11.1 Å². The zero-order chi connectivity index (χ0) is 14.1. The zero-order valence-electron chi connectivity index (χ0n) is 10.8. The normalized spacial score (nSPS) is 11.8. The fourth-order valence-electron chi connectivity index (χ4n) is 1.69. The van der Waals surface area contributed by atoms with Crippen LogP contribution in [0.1, 0.15) is 32.1 Å². The van der Waals surface area contributed by atoms with Crippen LogP contribution in [0.2, 0.25) is 0 Å². The van der Waals surface area contributed by atoms with E-state index in [9.17, 15) is 14.7 Å². The lowest BCUT2D eigenvalue weighted by molar-refractivity contribution is -0.126. The monoisotopic (exact) mass is 264 g/mol. The summed E-state index contributed by atoms with van der Waals surface area (Å²) in [5.41, 5.74) is 5.72. The molecule has 2 amide bonds. The quantitative estimate of drug-likeness (QED) is 0.620. The minimum absolute atomic E-state index is 0.0263. The van der Waals surface area contributed by atoms with Gasteiger partial charge in [0, 0.05) is 12.1 Å². The second kappa shape index (κ2) is 8.26. The predicted molar refractivity (Wildman–Crippen MR) is 73.4 cm³/mol. The summed E-state index contributed by atoms with van der Waals surface area (Å²) in [5.74, 6) is -0.719. The molecule has 0 aliphatic heterocycles. The molecule has 0 fully saturated rings. The van der Waals surface area contributed by atoms with Crippen molar-refractivity contribution >= 4 is 17.5 Å². The van der Waals surface area contributed by atoms with E-state index in [4.69, 9.17) is 5.73 Å².